The van der Waals surface area contributed by atoms with Crippen LogP contribution in [-0.2, 0) is 16.1 Å². The monoisotopic (exact) mass is 462 g/mol. The minimum atomic E-state index is -0.765. The minimum absolute atomic E-state index is 0.0356. The van der Waals surface area contributed by atoms with Gasteiger partial charge in [-0.25, -0.2) is 0 Å². The largest absolute Gasteiger partial charge is 0.507 e. The average molecular weight is 463 g/mol. The van der Waals surface area contributed by atoms with E-state index in [-0.39, 0.29) is 17.9 Å². The zero-order chi connectivity index (χ0) is 23.4. The van der Waals surface area contributed by atoms with E-state index in [0.717, 1.165) is 12.0 Å². The first-order chi connectivity index (χ1) is 16.0. The van der Waals surface area contributed by atoms with Crippen LogP contribution in [0.25, 0.3) is 5.76 Å². The van der Waals surface area contributed by atoms with E-state index < -0.39 is 17.7 Å². The summed E-state index contributed by atoms with van der Waals surface area (Å²) < 4.78 is 5.59. The Labute approximate surface area is 197 Å². The van der Waals surface area contributed by atoms with Gasteiger partial charge in [-0.1, -0.05) is 36.7 Å². The maximum Gasteiger partial charge on any atom is 0.295 e. The number of amides is 1. The molecule has 1 N–H and O–H groups in total. The summed E-state index contributed by atoms with van der Waals surface area (Å²) in [6.07, 6.45) is 4.17. The van der Waals surface area contributed by atoms with Crippen LogP contribution in [0.3, 0.4) is 0 Å². The highest BCUT2D eigenvalue weighted by Crippen LogP contribution is 2.40. The van der Waals surface area contributed by atoms with Gasteiger partial charge in [-0.05, 0) is 60.0 Å². The third-order valence-corrected chi connectivity index (χ3v) is 5.65. The fourth-order valence-corrected chi connectivity index (χ4v) is 3.93. The van der Waals surface area contributed by atoms with Gasteiger partial charge in [0.25, 0.3) is 11.7 Å². The molecule has 168 valence electrons. The van der Waals surface area contributed by atoms with E-state index in [1.54, 1.807) is 67.0 Å². The summed E-state index contributed by atoms with van der Waals surface area (Å²) in [6.45, 7) is 2.77. The number of aromatic nitrogens is 1. The topological polar surface area (TPSA) is 79.7 Å². The number of pyridine rings is 1. The van der Waals surface area contributed by atoms with E-state index in [1.807, 2.05) is 13.0 Å². The maximum absolute atomic E-state index is 13.1. The number of hydrogen-bond acceptors (Lipinski definition) is 5. The first-order valence-corrected chi connectivity index (χ1v) is 11.0. The Hall–Kier alpha value is -3.64. The minimum Gasteiger partial charge on any atom is -0.507 e. The highest BCUT2D eigenvalue weighted by molar-refractivity contribution is 6.46. The number of rotatable bonds is 7. The molecule has 3 aromatic rings. The van der Waals surface area contributed by atoms with Crippen molar-refractivity contribution in [2.45, 2.75) is 25.9 Å². The SMILES string of the molecule is CCCOc1ccc(C(O)=C2C(=O)C(=O)N(Cc3cccnc3)[C@H]2c2ccc(Cl)cc2)cc1. The fraction of sp³-hybridized carbons (Fsp3) is 0.192. The number of Topliss-reactive ketones (excluding diaryl/α,β-unsaturated/α-hetero) is 1. The van der Waals surface area contributed by atoms with Gasteiger partial charge in [-0.2, -0.15) is 0 Å². The van der Waals surface area contributed by atoms with Crippen LogP contribution in [0.5, 0.6) is 5.75 Å². The lowest BCUT2D eigenvalue weighted by Crippen LogP contribution is -2.29. The number of carbonyl (C=O) groups is 2. The van der Waals surface area contributed by atoms with Gasteiger partial charge in [0.2, 0.25) is 0 Å². The van der Waals surface area contributed by atoms with Gasteiger partial charge in [0.1, 0.15) is 11.5 Å². The number of benzene rings is 2. The van der Waals surface area contributed by atoms with Crippen molar-refractivity contribution in [2.75, 3.05) is 6.61 Å². The number of likely N-dealkylation sites (tertiary alicyclic amines) is 1. The third kappa shape index (κ3) is 4.76. The molecule has 0 radical (unpaired) electrons. The molecule has 1 atom stereocenters. The van der Waals surface area contributed by atoms with Gasteiger partial charge in [0, 0.05) is 29.5 Å². The van der Waals surface area contributed by atoms with E-state index in [9.17, 15) is 14.7 Å². The molecule has 1 saturated heterocycles. The molecule has 7 heteroatoms. The highest BCUT2D eigenvalue weighted by atomic mass is 35.5. The molecule has 0 bridgehead atoms. The molecular weight excluding hydrogens is 440 g/mol. The molecule has 33 heavy (non-hydrogen) atoms. The molecule has 0 unspecified atom stereocenters. The Bertz CT molecular complexity index is 1180. The molecule has 1 fully saturated rings. The van der Waals surface area contributed by atoms with Crippen molar-refractivity contribution in [3.63, 3.8) is 0 Å². The van der Waals surface area contributed by atoms with Crippen LogP contribution in [-0.4, -0.2) is 33.3 Å². The van der Waals surface area contributed by atoms with E-state index in [2.05, 4.69) is 4.98 Å². The van der Waals surface area contributed by atoms with Crippen LogP contribution in [0, 0.1) is 0 Å². The van der Waals surface area contributed by atoms with Crippen LogP contribution < -0.4 is 4.74 Å². The Morgan fingerprint density at radius 1 is 1.09 bits per heavy atom. The number of ether oxygens (including phenoxy) is 1. The van der Waals surface area contributed by atoms with Crippen LogP contribution in [0.1, 0.15) is 36.1 Å². The summed E-state index contributed by atoms with van der Waals surface area (Å²) in [5, 5.41) is 11.7. The first kappa shape index (κ1) is 22.6. The van der Waals surface area contributed by atoms with Gasteiger partial charge in [-0.3, -0.25) is 14.6 Å². The van der Waals surface area contributed by atoms with Gasteiger partial charge >= 0.3 is 0 Å². The van der Waals surface area contributed by atoms with Gasteiger partial charge in [-0.15, -0.1) is 0 Å². The van der Waals surface area contributed by atoms with E-state index in [0.29, 0.717) is 28.5 Å². The summed E-state index contributed by atoms with van der Waals surface area (Å²) >= 11 is 6.06. The van der Waals surface area contributed by atoms with Crippen molar-refractivity contribution in [3.8, 4) is 5.75 Å². The standard InChI is InChI=1S/C26H23ClN2O4/c1-2-14-33-21-11-7-19(8-12-21)24(30)22-23(18-5-9-20(27)10-6-18)29(26(32)25(22)31)16-17-4-3-13-28-15-17/h3-13,15,23,30H,2,14,16H2,1H3/t23-/m0/s1. The van der Waals surface area contributed by atoms with Crippen LogP contribution in [0.4, 0.5) is 0 Å². The second-order valence-electron chi connectivity index (χ2n) is 7.71. The second-order valence-corrected chi connectivity index (χ2v) is 8.15. The van der Waals surface area contributed by atoms with E-state index in [4.69, 9.17) is 16.3 Å². The number of aliphatic hydroxyl groups is 1. The number of nitrogens with zero attached hydrogens (tertiary/aromatic N) is 2. The van der Waals surface area contributed by atoms with Crippen molar-refractivity contribution in [2.24, 2.45) is 0 Å². The summed E-state index contributed by atoms with van der Waals surface area (Å²) in [4.78, 5) is 31.7. The van der Waals surface area contributed by atoms with Gasteiger partial charge < -0.3 is 14.7 Å². The van der Waals surface area contributed by atoms with Crippen LogP contribution in [0.15, 0.2) is 78.6 Å². The number of carbonyl (C=O) groups excluding carboxylic acids is 2. The van der Waals surface area contributed by atoms with Crippen molar-refractivity contribution in [1.82, 2.24) is 9.88 Å². The smallest absolute Gasteiger partial charge is 0.295 e. The highest BCUT2D eigenvalue weighted by Gasteiger charge is 2.46. The van der Waals surface area contributed by atoms with Crippen LogP contribution in [0.2, 0.25) is 5.02 Å². The van der Waals surface area contributed by atoms with Crippen molar-refractivity contribution in [1.29, 1.82) is 0 Å². The van der Waals surface area contributed by atoms with Gasteiger partial charge in [0.05, 0.1) is 18.2 Å². The van der Waals surface area contributed by atoms with Gasteiger partial charge in [0.15, 0.2) is 0 Å². The second kappa shape index (κ2) is 9.88. The zero-order valence-electron chi connectivity index (χ0n) is 18.1. The molecule has 1 aliphatic rings. The third-order valence-electron chi connectivity index (χ3n) is 5.40. The number of halogens is 1. The molecular formula is C26H23ClN2O4. The molecule has 0 saturated carbocycles. The zero-order valence-corrected chi connectivity index (χ0v) is 18.8. The fourth-order valence-electron chi connectivity index (χ4n) is 3.81. The predicted octanol–water partition coefficient (Wildman–Crippen LogP) is 5.15. The lowest BCUT2D eigenvalue weighted by molar-refractivity contribution is -0.140. The average Bonchev–Trinajstić information content (AvgIpc) is 3.08. The quantitative estimate of drug-likeness (QED) is 0.298. The Kier molecular flexibility index (Phi) is 6.75. The van der Waals surface area contributed by atoms with Crippen molar-refractivity contribution >= 4 is 29.1 Å². The molecule has 4 rings (SSSR count). The normalized spacial score (nSPS) is 17.4. The predicted molar refractivity (Wildman–Crippen MR) is 126 cm³/mol. The van der Waals surface area contributed by atoms with Crippen LogP contribution >= 0.6 is 11.6 Å². The molecule has 1 aliphatic heterocycles. The van der Waals surface area contributed by atoms with E-state index in [1.165, 1.54) is 4.90 Å². The van der Waals surface area contributed by atoms with Crippen molar-refractivity contribution in [3.05, 3.63) is 100 Å². The lowest BCUT2D eigenvalue weighted by atomic mass is 9.95. The molecule has 1 aromatic heterocycles. The lowest BCUT2D eigenvalue weighted by Gasteiger charge is -2.25. The Balaban J connectivity index is 1.78. The van der Waals surface area contributed by atoms with E-state index >= 15 is 0 Å². The summed E-state index contributed by atoms with van der Waals surface area (Å²) in [5.74, 6) is -0.977. The number of hydrogen-bond donors (Lipinski definition) is 1. The summed E-state index contributed by atoms with van der Waals surface area (Å²) in [7, 11) is 0. The molecule has 1 amide bonds. The molecule has 2 heterocycles. The molecule has 2 aromatic carbocycles. The molecule has 0 aliphatic carbocycles. The van der Waals surface area contributed by atoms with Crippen molar-refractivity contribution < 1.29 is 19.4 Å². The first-order valence-electron chi connectivity index (χ1n) is 10.7. The Morgan fingerprint density at radius 3 is 2.45 bits per heavy atom. The molecule has 0 spiro atoms. The molecule has 6 nitrogen and oxygen atoms in total. The number of ketones is 1. The summed E-state index contributed by atoms with van der Waals surface area (Å²) in [6, 6.07) is 16.5. The summed E-state index contributed by atoms with van der Waals surface area (Å²) in [5.41, 5.74) is 1.91. The number of aliphatic hydroxyl groups excluding tert-OH is 1. The maximum atomic E-state index is 13.1. The Morgan fingerprint density at radius 2 is 1.82 bits per heavy atom.